The van der Waals surface area contributed by atoms with Gasteiger partial charge in [0, 0.05) is 19.3 Å². The van der Waals surface area contributed by atoms with Crippen molar-refractivity contribution in [2.24, 2.45) is 29.1 Å². The number of esters is 2. The molecule has 68 heavy (non-hydrogen) atoms. The summed E-state index contributed by atoms with van der Waals surface area (Å²) in [6.45, 7) is 14.3. The molecule has 0 aromatic carbocycles. The van der Waals surface area contributed by atoms with Crippen molar-refractivity contribution in [1.29, 1.82) is 0 Å². The van der Waals surface area contributed by atoms with Crippen molar-refractivity contribution in [1.82, 2.24) is 0 Å². The van der Waals surface area contributed by atoms with Gasteiger partial charge in [-0.3, -0.25) is 19.2 Å². The fourth-order valence-electron chi connectivity index (χ4n) is 9.77. The van der Waals surface area contributed by atoms with E-state index in [2.05, 4.69) is 65.8 Å². The third-order valence-electron chi connectivity index (χ3n) is 14.5. The predicted octanol–water partition coefficient (Wildman–Crippen LogP) is 18.1. The first-order valence-electron chi connectivity index (χ1n) is 29.1. The number of hydrogen-bond acceptors (Lipinski definition) is 6. The molecule has 0 aliphatic carbocycles. The van der Waals surface area contributed by atoms with E-state index in [4.69, 9.17) is 9.47 Å². The first-order valence-corrected chi connectivity index (χ1v) is 29.1. The number of hydrogen-bond donors (Lipinski definition) is 2. The van der Waals surface area contributed by atoms with E-state index >= 15 is 0 Å². The second-order valence-corrected chi connectivity index (χ2v) is 20.8. The largest absolute Gasteiger partial charge is 0.481 e. The number of aliphatic carboxylic acids is 2. The van der Waals surface area contributed by atoms with E-state index < -0.39 is 17.4 Å². The Morgan fingerprint density at radius 1 is 0.441 bits per heavy atom. The number of ether oxygens (including phenoxy) is 2. The van der Waals surface area contributed by atoms with Crippen molar-refractivity contribution in [3.05, 3.63) is 24.3 Å². The molecule has 4 unspecified atom stereocenters. The monoisotopic (exact) mass is 959 g/mol. The summed E-state index contributed by atoms with van der Waals surface area (Å²) < 4.78 is 11.3. The molecule has 8 nitrogen and oxygen atoms in total. The van der Waals surface area contributed by atoms with Gasteiger partial charge in [0.1, 0.15) is 0 Å². The predicted molar refractivity (Wildman–Crippen MR) is 286 cm³/mol. The van der Waals surface area contributed by atoms with Gasteiger partial charge < -0.3 is 19.7 Å². The molecule has 2 N–H and O–H groups in total. The molecule has 0 spiro atoms. The second kappa shape index (κ2) is 46.7. The Labute approximate surface area is 419 Å². The highest BCUT2D eigenvalue weighted by molar-refractivity contribution is 5.75. The van der Waals surface area contributed by atoms with Gasteiger partial charge in [-0.25, -0.2) is 0 Å². The molecule has 0 amide bonds. The van der Waals surface area contributed by atoms with Gasteiger partial charge in [0.15, 0.2) is 0 Å². The molecule has 0 radical (unpaired) electrons. The van der Waals surface area contributed by atoms with E-state index in [0.29, 0.717) is 63.6 Å². The van der Waals surface area contributed by atoms with E-state index in [0.717, 1.165) is 141 Å². The number of carbonyl (C=O) groups is 4. The minimum Gasteiger partial charge on any atom is -0.481 e. The van der Waals surface area contributed by atoms with E-state index in [9.17, 15) is 29.4 Å². The SMILES string of the molecule is CCCCCCC/C=C/C(CCCCCCCC(=O)OCC(CC)CCCC)CC(CCCC(=O)O)(CC(/C=C/CCCCCCC)CCCCCCCC(=O)OCC(CC)CCCC)C(=O)O. The average Bonchev–Trinajstić information content (AvgIpc) is 3.32. The van der Waals surface area contributed by atoms with Gasteiger partial charge in [0.05, 0.1) is 18.6 Å². The van der Waals surface area contributed by atoms with Gasteiger partial charge in [-0.05, 0) is 114 Å². The highest BCUT2D eigenvalue weighted by atomic mass is 16.5. The summed E-state index contributed by atoms with van der Waals surface area (Å²) in [5.74, 6) is -0.727. The number of carboxylic acid groups (broad SMARTS) is 2. The maximum Gasteiger partial charge on any atom is 0.309 e. The molecule has 0 bridgehead atoms. The molecule has 0 aliphatic rings. The first-order chi connectivity index (χ1) is 33.0. The molecular weight excluding hydrogens is 849 g/mol. The van der Waals surface area contributed by atoms with Crippen molar-refractivity contribution >= 4 is 23.9 Å². The van der Waals surface area contributed by atoms with Crippen LogP contribution in [-0.4, -0.2) is 47.3 Å². The molecule has 0 fully saturated rings. The van der Waals surface area contributed by atoms with Crippen molar-refractivity contribution < 1.29 is 38.9 Å². The maximum absolute atomic E-state index is 13.8. The van der Waals surface area contributed by atoms with Gasteiger partial charge in [0.25, 0.3) is 0 Å². The number of unbranched alkanes of at least 4 members (excludes halogenated alkanes) is 20. The lowest BCUT2D eigenvalue weighted by Gasteiger charge is -2.35. The summed E-state index contributed by atoms with van der Waals surface area (Å²) in [4.78, 5) is 50.5. The lowest BCUT2D eigenvalue weighted by Crippen LogP contribution is -2.35. The van der Waals surface area contributed by atoms with Crippen LogP contribution in [0.15, 0.2) is 24.3 Å². The normalized spacial score (nSPS) is 14.5. The smallest absolute Gasteiger partial charge is 0.309 e. The van der Waals surface area contributed by atoms with E-state index in [-0.39, 0.29) is 30.2 Å². The molecule has 0 saturated heterocycles. The summed E-state index contributed by atoms with van der Waals surface area (Å²) in [5.41, 5.74) is -1.02. The highest BCUT2D eigenvalue weighted by Crippen LogP contribution is 2.43. The minimum atomic E-state index is -1.02. The molecule has 398 valence electrons. The van der Waals surface area contributed by atoms with Crippen LogP contribution in [-0.2, 0) is 28.7 Å². The highest BCUT2D eigenvalue weighted by Gasteiger charge is 2.41. The number of carbonyl (C=O) groups excluding carboxylic acids is 2. The van der Waals surface area contributed by atoms with E-state index in [1.807, 2.05) is 0 Å². The Balaban J connectivity index is 5.91. The summed E-state index contributed by atoms with van der Waals surface area (Å²) in [7, 11) is 0. The standard InChI is InChI=1S/C60H110O8/c1-7-13-17-19-21-25-31-40-54(42-33-27-23-29-35-45-57(63)67-50-52(11-5)38-15-9-3)48-60(59(65)66,47-37-44-56(61)62)49-55(41-32-26-22-20-18-14-8-2)43-34-28-24-30-36-46-58(64)68-51-53(12-6)39-16-10-4/h31-32,40-41,52-55H,7-30,33-39,42-51H2,1-6H3,(H,61,62)(H,65,66)/b40-31+,41-32+. The Morgan fingerprint density at radius 2 is 0.824 bits per heavy atom. The van der Waals surface area contributed by atoms with Crippen molar-refractivity contribution in [2.75, 3.05) is 13.2 Å². The van der Waals surface area contributed by atoms with Gasteiger partial charge in [-0.15, -0.1) is 0 Å². The average molecular weight is 960 g/mol. The molecule has 0 aromatic heterocycles. The zero-order chi connectivity index (χ0) is 50.4. The second-order valence-electron chi connectivity index (χ2n) is 20.8. The summed E-state index contributed by atoms with van der Waals surface area (Å²) in [5, 5.41) is 20.9. The molecule has 0 aliphatic heterocycles. The van der Waals surface area contributed by atoms with Gasteiger partial charge in [0.2, 0.25) is 0 Å². The van der Waals surface area contributed by atoms with Crippen LogP contribution in [0.4, 0.5) is 0 Å². The maximum atomic E-state index is 13.8. The zero-order valence-electron chi connectivity index (χ0n) is 45.5. The third-order valence-corrected chi connectivity index (χ3v) is 14.5. The molecule has 0 heterocycles. The van der Waals surface area contributed by atoms with Crippen LogP contribution in [0.1, 0.15) is 292 Å². The van der Waals surface area contributed by atoms with Crippen molar-refractivity contribution in [3.8, 4) is 0 Å². The summed E-state index contributed by atoms with van der Waals surface area (Å²) in [6.07, 6.45) is 46.5. The molecule has 0 rings (SSSR count). The molecular formula is C60H110O8. The van der Waals surface area contributed by atoms with Gasteiger partial charge in [-0.1, -0.05) is 207 Å². The van der Waals surface area contributed by atoms with Crippen LogP contribution in [0.5, 0.6) is 0 Å². The van der Waals surface area contributed by atoms with Crippen LogP contribution in [0.25, 0.3) is 0 Å². The zero-order valence-corrected chi connectivity index (χ0v) is 45.5. The van der Waals surface area contributed by atoms with Gasteiger partial charge >= 0.3 is 23.9 Å². The van der Waals surface area contributed by atoms with Crippen LogP contribution in [0.3, 0.4) is 0 Å². The van der Waals surface area contributed by atoms with E-state index in [1.54, 1.807) is 0 Å². The van der Waals surface area contributed by atoms with Gasteiger partial charge in [-0.2, -0.15) is 0 Å². The minimum absolute atomic E-state index is 0.0251. The molecule has 8 heteroatoms. The first kappa shape index (κ1) is 65.4. The summed E-state index contributed by atoms with van der Waals surface area (Å²) in [6, 6.07) is 0. The number of allylic oxidation sites excluding steroid dienone is 4. The third kappa shape index (κ3) is 38.2. The molecule has 4 atom stereocenters. The van der Waals surface area contributed by atoms with Crippen LogP contribution in [0.2, 0.25) is 0 Å². The fraction of sp³-hybridized carbons (Fsp3) is 0.867. The Hall–Kier alpha value is -2.64. The lowest BCUT2D eigenvalue weighted by molar-refractivity contribution is -0.152. The lowest BCUT2D eigenvalue weighted by atomic mass is 9.68. The Kier molecular flexibility index (Phi) is 44.9. The van der Waals surface area contributed by atoms with Crippen LogP contribution in [0, 0.1) is 29.1 Å². The van der Waals surface area contributed by atoms with Crippen molar-refractivity contribution in [3.63, 3.8) is 0 Å². The van der Waals surface area contributed by atoms with E-state index in [1.165, 1.54) is 64.2 Å². The van der Waals surface area contributed by atoms with Crippen LogP contribution < -0.4 is 0 Å². The number of rotatable bonds is 51. The Morgan fingerprint density at radius 3 is 1.21 bits per heavy atom. The topological polar surface area (TPSA) is 127 Å². The molecule has 0 saturated carbocycles. The number of carboxylic acids is 2. The quantitative estimate of drug-likeness (QED) is 0.0351. The molecule has 0 aromatic rings. The fourth-order valence-corrected chi connectivity index (χ4v) is 9.77. The Bertz CT molecular complexity index is 1180. The van der Waals surface area contributed by atoms with Crippen molar-refractivity contribution in [2.45, 2.75) is 292 Å². The summed E-state index contributed by atoms with van der Waals surface area (Å²) >= 11 is 0. The van der Waals surface area contributed by atoms with Crippen LogP contribution >= 0.6 is 0 Å².